The predicted molar refractivity (Wildman–Crippen MR) is 136 cm³/mol. The molecule has 0 bridgehead atoms. The molecular formula is C24H29N7S. The highest BCUT2D eigenvalue weighted by molar-refractivity contribution is 7.80. The summed E-state index contributed by atoms with van der Waals surface area (Å²) < 4.78 is 0. The second kappa shape index (κ2) is 9.18. The number of fused-ring (bicyclic) bond motifs is 3. The maximum atomic E-state index is 5.51. The van der Waals surface area contributed by atoms with E-state index in [1.165, 1.54) is 5.56 Å². The van der Waals surface area contributed by atoms with Gasteiger partial charge in [-0.2, -0.15) is 0 Å². The number of pyridine rings is 1. The van der Waals surface area contributed by atoms with Crippen molar-refractivity contribution in [1.82, 2.24) is 19.9 Å². The van der Waals surface area contributed by atoms with Crippen LogP contribution in [0.25, 0.3) is 11.3 Å². The van der Waals surface area contributed by atoms with E-state index in [9.17, 15) is 0 Å². The van der Waals surface area contributed by atoms with E-state index >= 15 is 0 Å². The van der Waals surface area contributed by atoms with Crippen LogP contribution in [0.5, 0.6) is 0 Å². The van der Waals surface area contributed by atoms with Crippen molar-refractivity contribution >= 4 is 40.3 Å². The molecule has 166 valence electrons. The van der Waals surface area contributed by atoms with Crippen molar-refractivity contribution in [2.75, 3.05) is 49.8 Å². The van der Waals surface area contributed by atoms with Crippen LogP contribution in [-0.2, 0) is 6.42 Å². The molecule has 0 radical (unpaired) electrons. The van der Waals surface area contributed by atoms with E-state index in [4.69, 9.17) is 22.2 Å². The van der Waals surface area contributed by atoms with Gasteiger partial charge in [-0.15, -0.1) is 0 Å². The Morgan fingerprint density at radius 1 is 1.06 bits per heavy atom. The molecule has 0 fully saturated rings. The second-order valence-corrected chi connectivity index (χ2v) is 8.99. The van der Waals surface area contributed by atoms with Gasteiger partial charge in [-0.05, 0) is 51.7 Å². The molecule has 0 atom stereocenters. The highest BCUT2D eigenvalue weighted by atomic mass is 32.1. The summed E-state index contributed by atoms with van der Waals surface area (Å²) in [5.74, 6) is 1.49. The largest absolute Gasteiger partial charge is 0.358 e. The number of thiocarbonyl (C=S) groups is 1. The predicted octanol–water partition coefficient (Wildman–Crippen LogP) is 4.19. The summed E-state index contributed by atoms with van der Waals surface area (Å²) in [5, 5.41) is 6.70. The molecule has 3 heterocycles. The van der Waals surface area contributed by atoms with Crippen LogP contribution in [0.3, 0.4) is 0 Å². The third-order valence-corrected chi connectivity index (χ3v) is 5.76. The van der Waals surface area contributed by atoms with E-state index in [0.29, 0.717) is 12.4 Å². The summed E-state index contributed by atoms with van der Waals surface area (Å²) in [6, 6.07) is 10.3. The van der Waals surface area contributed by atoms with Crippen LogP contribution < -0.4 is 15.5 Å². The number of nitrogens with zero attached hydrogens (tertiary/aromatic N) is 5. The molecule has 32 heavy (non-hydrogen) atoms. The number of aromatic nitrogens is 3. The van der Waals surface area contributed by atoms with Crippen LogP contribution in [0, 0.1) is 13.8 Å². The first-order valence-corrected chi connectivity index (χ1v) is 11.1. The molecule has 2 N–H and O–H groups in total. The zero-order valence-electron chi connectivity index (χ0n) is 19.2. The lowest BCUT2D eigenvalue weighted by atomic mass is 10.0. The Morgan fingerprint density at radius 3 is 2.62 bits per heavy atom. The van der Waals surface area contributed by atoms with E-state index in [0.717, 1.165) is 57.8 Å². The molecule has 1 aliphatic rings. The van der Waals surface area contributed by atoms with Gasteiger partial charge < -0.3 is 20.4 Å². The van der Waals surface area contributed by atoms with E-state index < -0.39 is 0 Å². The molecule has 3 aromatic rings. The van der Waals surface area contributed by atoms with Gasteiger partial charge in [0, 0.05) is 49.6 Å². The third kappa shape index (κ3) is 4.87. The fourth-order valence-corrected chi connectivity index (χ4v) is 3.91. The first kappa shape index (κ1) is 22.1. The fraction of sp³-hybridized carbons (Fsp3) is 0.333. The highest BCUT2D eigenvalue weighted by Gasteiger charge is 2.19. The van der Waals surface area contributed by atoms with Crippen molar-refractivity contribution in [3.05, 3.63) is 53.3 Å². The summed E-state index contributed by atoms with van der Waals surface area (Å²) in [4.78, 5) is 19.3. The lowest BCUT2D eigenvalue weighted by Gasteiger charge is -2.21. The Kier molecular flexibility index (Phi) is 6.34. The fourth-order valence-electron chi connectivity index (χ4n) is 3.64. The van der Waals surface area contributed by atoms with Crippen LogP contribution in [0.4, 0.5) is 23.1 Å². The average Bonchev–Trinajstić information content (AvgIpc) is 2.88. The van der Waals surface area contributed by atoms with Crippen molar-refractivity contribution in [2.24, 2.45) is 0 Å². The van der Waals surface area contributed by atoms with Crippen LogP contribution in [0.15, 0.2) is 36.5 Å². The summed E-state index contributed by atoms with van der Waals surface area (Å²) in [6.45, 7) is 5.95. The number of benzene rings is 1. The minimum atomic E-state index is 0.543. The minimum absolute atomic E-state index is 0.543. The third-order valence-electron chi connectivity index (χ3n) is 5.51. The quantitative estimate of drug-likeness (QED) is 0.545. The van der Waals surface area contributed by atoms with Gasteiger partial charge in [-0.3, -0.25) is 0 Å². The maximum absolute atomic E-state index is 5.51. The van der Waals surface area contributed by atoms with Crippen LogP contribution in [0.2, 0.25) is 0 Å². The van der Waals surface area contributed by atoms with E-state index in [1.54, 1.807) is 0 Å². The van der Waals surface area contributed by atoms with Gasteiger partial charge in [0.2, 0.25) is 5.95 Å². The average molecular weight is 448 g/mol. The van der Waals surface area contributed by atoms with Gasteiger partial charge in [0.25, 0.3) is 0 Å². The van der Waals surface area contributed by atoms with Crippen molar-refractivity contribution in [3.63, 3.8) is 0 Å². The first-order chi connectivity index (χ1) is 15.3. The van der Waals surface area contributed by atoms with E-state index in [1.807, 2.05) is 25.3 Å². The smallest absolute Gasteiger partial charge is 0.227 e. The van der Waals surface area contributed by atoms with Gasteiger partial charge in [0.1, 0.15) is 5.82 Å². The molecule has 0 aliphatic carbocycles. The SMILES string of the molecule is Cc1ccc2c(c1)NC(=S)Cc1cnc(Nc3ccc(N(C)CCN(C)C)nc3C)nc1-2. The highest BCUT2D eigenvalue weighted by Crippen LogP contribution is 2.34. The summed E-state index contributed by atoms with van der Waals surface area (Å²) >= 11 is 5.51. The van der Waals surface area contributed by atoms with Gasteiger partial charge in [-0.1, -0.05) is 24.4 Å². The zero-order chi connectivity index (χ0) is 22.8. The molecule has 0 saturated heterocycles. The molecule has 0 unspecified atom stereocenters. The number of hydrogen-bond donors (Lipinski definition) is 2. The zero-order valence-corrected chi connectivity index (χ0v) is 20.0. The number of likely N-dealkylation sites (N-methyl/N-ethyl adjacent to an activating group) is 2. The van der Waals surface area contributed by atoms with Crippen molar-refractivity contribution in [3.8, 4) is 11.3 Å². The molecular weight excluding hydrogens is 418 g/mol. The lowest BCUT2D eigenvalue weighted by molar-refractivity contribution is 0.416. The summed E-state index contributed by atoms with van der Waals surface area (Å²) in [7, 11) is 6.21. The number of hydrogen-bond acceptors (Lipinski definition) is 7. The Balaban J connectivity index is 1.60. The van der Waals surface area contributed by atoms with Gasteiger partial charge in [0.15, 0.2) is 0 Å². The van der Waals surface area contributed by atoms with Crippen LogP contribution >= 0.6 is 12.2 Å². The first-order valence-electron chi connectivity index (χ1n) is 10.7. The van der Waals surface area contributed by atoms with Crippen molar-refractivity contribution in [2.45, 2.75) is 20.3 Å². The summed E-state index contributed by atoms with van der Waals surface area (Å²) in [5.41, 5.74) is 6.90. The molecule has 1 aliphatic heterocycles. The van der Waals surface area contributed by atoms with Crippen LogP contribution in [-0.4, -0.2) is 59.1 Å². The Morgan fingerprint density at radius 2 is 1.88 bits per heavy atom. The Hall–Kier alpha value is -3.10. The van der Waals surface area contributed by atoms with E-state index in [-0.39, 0.29) is 0 Å². The molecule has 0 spiro atoms. The number of nitrogens with one attached hydrogen (secondary N) is 2. The molecule has 1 aromatic carbocycles. The van der Waals surface area contributed by atoms with E-state index in [2.05, 4.69) is 71.7 Å². The molecule has 0 saturated carbocycles. The molecule has 2 aromatic heterocycles. The van der Waals surface area contributed by atoms with Gasteiger partial charge in [0.05, 0.1) is 22.1 Å². The molecule has 7 nitrogen and oxygen atoms in total. The second-order valence-electron chi connectivity index (χ2n) is 8.49. The topological polar surface area (TPSA) is 69.2 Å². The Labute approximate surface area is 194 Å². The monoisotopic (exact) mass is 447 g/mol. The number of anilines is 4. The molecule has 8 heteroatoms. The van der Waals surface area contributed by atoms with Crippen molar-refractivity contribution < 1.29 is 0 Å². The Bertz CT molecular complexity index is 1160. The lowest BCUT2D eigenvalue weighted by Crippen LogP contribution is -2.29. The van der Waals surface area contributed by atoms with Gasteiger partial charge in [-0.25, -0.2) is 15.0 Å². The number of rotatable bonds is 6. The van der Waals surface area contributed by atoms with Gasteiger partial charge >= 0.3 is 0 Å². The standard InChI is InChI=1S/C24H29N7S/c1-15-6-7-18-20(12-15)27-22(32)13-17-14-25-24(29-23(17)18)28-19-8-9-21(26-16(19)2)31(5)11-10-30(3)4/h6-9,12,14H,10-11,13H2,1-5H3,(H,27,32)(H,25,28,29). The number of aryl methyl sites for hydroxylation is 2. The molecule has 0 amide bonds. The normalized spacial score (nSPS) is 12.6. The maximum Gasteiger partial charge on any atom is 0.227 e. The minimum Gasteiger partial charge on any atom is -0.358 e. The molecule has 4 rings (SSSR count). The summed E-state index contributed by atoms with van der Waals surface area (Å²) in [6.07, 6.45) is 2.48. The van der Waals surface area contributed by atoms with Crippen molar-refractivity contribution in [1.29, 1.82) is 0 Å². The van der Waals surface area contributed by atoms with Crippen LogP contribution in [0.1, 0.15) is 16.8 Å².